The van der Waals surface area contributed by atoms with Gasteiger partial charge in [-0.05, 0) is 47.2 Å². The van der Waals surface area contributed by atoms with Crippen LogP contribution in [0.2, 0.25) is 0 Å². The second kappa shape index (κ2) is 11.7. The van der Waals surface area contributed by atoms with Gasteiger partial charge in [-0.2, -0.15) is 0 Å². The van der Waals surface area contributed by atoms with Crippen molar-refractivity contribution in [1.82, 2.24) is 0 Å². The first-order valence-corrected chi connectivity index (χ1v) is 15.0. The summed E-state index contributed by atoms with van der Waals surface area (Å²) in [6, 6.07) is 35.6. The highest BCUT2D eigenvalue weighted by Gasteiger charge is 2.48. The molecule has 8 rings (SSSR count). The summed E-state index contributed by atoms with van der Waals surface area (Å²) in [5.41, 5.74) is 9.40. The van der Waals surface area contributed by atoms with Crippen LogP contribution < -0.4 is 0 Å². The van der Waals surface area contributed by atoms with Crippen LogP contribution in [0.3, 0.4) is 0 Å². The van der Waals surface area contributed by atoms with E-state index >= 15 is 0 Å². The van der Waals surface area contributed by atoms with Crippen LogP contribution in [0, 0.1) is 0 Å². The van der Waals surface area contributed by atoms with Gasteiger partial charge < -0.3 is 18.9 Å². The summed E-state index contributed by atoms with van der Waals surface area (Å²) in [7, 11) is 0. The van der Waals surface area contributed by atoms with E-state index in [0.717, 1.165) is 44.5 Å². The minimum absolute atomic E-state index is 0.207. The minimum atomic E-state index is -0.333. The molecule has 2 aliphatic heterocycles. The third-order valence-corrected chi connectivity index (χ3v) is 8.47. The lowest BCUT2D eigenvalue weighted by atomic mass is 9.97. The summed E-state index contributed by atoms with van der Waals surface area (Å²) in [6.45, 7) is 5.08. The van der Waals surface area contributed by atoms with Crippen molar-refractivity contribution >= 4 is 34.2 Å². The number of hydrogen-bond donors (Lipinski definition) is 0. The van der Waals surface area contributed by atoms with Crippen LogP contribution in [-0.4, -0.2) is 37.4 Å². The average molecular weight is 585 g/mol. The van der Waals surface area contributed by atoms with Gasteiger partial charge in [0.2, 0.25) is 0 Å². The number of benzene rings is 4. The maximum Gasteiger partial charge on any atom is 0.339 e. The molecule has 220 valence electrons. The van der Waals surface area contributed by atoms with E-state index in [-0.39, 0.29) is 36.4 Å². The Bertz CT molecular complexity index is 1660. The van der Waals surface area contributed by atoms with E-state index in [1.165, 1.54) is 0 Å². The van der Waals surface area contributed by atoms with Crippen LogP contribution in [0.25, 0.3) is 22.3 Å². The Morgan fingerprint density at radius 2 is 0.886 bits per heavy atom. The molecule has 0 bridgehead atoms. The summed E-state index contributed by atoms with van der Waals surface area (Å²) >= 11 is 0. The average Bonchev–Trinajstić information content (AvgIpc) is 3.76. The maximum atomic E-state index is 12.4. The third-order valence-electron chi connectivity index (χ3n) is 8.47. The van der Waals surface area contributed by atoms with Crippen molar-refractivity contribution in [1.29, 1.82) is 0 Å². The molecule has 4 atom stereocenters. The highest BCUT2D eigenvalue weighted by molar-refractivity contribution is 6.29. The number of hydrogen-bond acceptors (Lipinski definition) is 6. The number of carbonyl (C=O) groups excluding carboxylic acids is 2. The van der Waals surface area contributed by atoms with E-state index in [0.29, 0.717) is 24.4 Å². The zero-order valence-electron chi connectivity index (χ0n) is 24.6. The van der Waals surface area contributed by atoms with Gasteiger partial charge in [-0.15, -0.1) is 0 Å². The van der Waals surface area contributed by atoms with Crippen LogP contribution >= 0.6 is 0 Å². The monoisotopic (exact) mass is 584 g/mol. The van der Waals surface area contributed by atoms with E-state index in [9.17, 15) is 9.59 Å². The van der Waals surface area contributed by atoms with Gasteiger partial charge in [-0.25, -0.2) is 9.59 Å². The second-order valence-electron chi connectivity index (χ2n) is 10.9. The normalized spacial score (nSPS) is 22.5. The van der Waals surface area contributed by atoms with Gasteiger partial charge >= 0.3 is 11.9 Å². The van der Waals surface area contributed by atoms with Gasteiger partial charge in [0.15, 0.2) is 12.2 Å². The van der Waals surface area contributed by atoms with E-state index in [1.807, 2.05) is 111 Å². The van der Waals surface area contributed by atoms with Crippen molar-refractivity contribution in [2.24, 2.45) is 0 Å². The smallest absolute Gasteiger partial charge is 0.339 e. The topological polar surface area (TPSA) is 71.1 Å². The van der Waals surface area contributed by atoms with Crippen molar-refractivity contribution in [2.45, 2.75) is 38.3 Å². The Morgan fingerprint density at radius 1 is 0.523 bits per heavy atom. The zero-order valence-corrected chi connectivity index (χ0v) is 24.6. The van der Waals surface area contributed by atoms with Gasteiger partial charge in [0, 0.05) is 24.4 Å². The molecule has 0 fully saturated rings. The molecule has 0 saturated heterocycles. The largest absolute Gasteiger partial charge is 0.451 e. The molecule has 0 saturated carbocycles. The summed E-state index contributed by atoms with van der Waals surface area (Å²) in [5, 5.41) is 0. The standard InChI is InChI=1S/2C19H16O3/c2*1-2-21-17-14-11-7-6-10-13(14)16-15(19(20)22-18(16)17)12-8-4-3-5-9-12/h2*3-11,17-18H,2H2,1H3/t2*17-,18-/m11/s1. The lowest BCUT2D eigenvalue weighted by Gasteiger charge is -2.17. The number of ether oxygens (including phenoxy) is 4. The molecular weight excluding hydrogens is 552 g/mol. The van der Waals surface area contributed by atoms with Gasteiger partial charge in [0.1, 0.15) is 12.2 Å². The Labute approximate surface area is 256 Å². The molecule has 0 spiro atoms. The minimum Gasteiger partial charge on any atom is -0.451 e. The lowest BCUT2D eigenvalue weighted by Crippen LogP contribution is -2.18. The van der Waals surface area contributed by atoms with Crippen LogP contribution in [0.15, 0.2) is 109 Å². The molecule has 2 aliphatic carbocycles. The molecule has 0 unspecified atom stereocenters. The quantitative estimate of drug-likeness (QED) is 0.223. The summed E-state index contributed by atoms with van der Waals surface area (Å²) in [5.74, 6) is -0.518. The Kier molecular flexibility index (Phi) is 7.46. The first kappa shape index (κ1) is 28.0. The van der Waals surface area contributed by atoms with Crippen molar-refractivity contribution in [3.8, 4) is 0 Å². The molecule has 6 nitrogen and oxygen atoms in total. The van der Waals surface area contributed by atoms with Crippen LogP contribution in [0.4, 0.5) is 0 Å². The van der Waals surface area contributed by atoms with E-state index in [1.54, 1.807) is 0 Å². The fraction of sp³-hybridized carbons (Fsp3) is 0.211. The van der Waals surface area contributed by atoms with Gasteiger partial charge in [0.25, 0.3) is 0 Å². The summed E-state index contributed by atoms with van der Waals surface area (Å²) < 4.78 is 23.1. The number of rotatable bonds is 6. The van der Waals surface area contributed by atoms with E-state index < -0.39 is 0 Å². The molecule has 0 N–H and O–H groups in total. The Hall–Kier alpha value is -4.78. The number of fused-ring (bicyclic) bond motifs is 6. The number of esters is 2. The molecule has 4 aromatic rings. The molecule has 4 aliphatic rings. The SMILES string of the molecule is CCO[C@@H]1c2ccccc2C2=C(c3ccccc3)C(=O)O[C@H]21.CCO[C@@H]1c2ccccc2C2=C(c3ccccc3)C(=O)O[C@H]21. The highest BCUT2D eigenvalue weighted by atomic mass is 16.6. The third kappa shape index (κ3) is 4.58. The highest BCUT2D eigenvalue weighted by Crippen LogP contribution is 2.52. The Balaban J connectivity index is 0.000000142. The molecule has 2 heterocycles. The molecule has 0 amide bonds. The van der Waals surface area contributed by atoms with Gasteiger partial charge in [-0.1, -0.05) is 109 Å². The molecule has 0 aromatic heterocycles. The van der Waals surface area contributed by atoms with Gasteiger partial charge in [-0.3, -0.25) is 0 Å². The second-order valence-corrected chi connectivity index (χ2v) is 10.9. The van der Waals surface area contributed by atoms with Crippen molar-refractivity contribution in [2.75, 3.05) is 13.2 Å². The first-order valence-electron chi connectivity index (χ1n) is 15.0. The van der Waals surface area contributed by atoms with Crippen molar-refractivity contribution in [3.63, 3.8) is 0 Å². The predicted octanol–water partition coefficient (Wildman–Crippen LogP) is 7.23. The van der Waals surface area contributed by atoms with E-state index in [4.69, 9.17) is 18.9 Å². The molecule has 4 aromatic carbocycles. The molecular formula is C38H32O6. The fourth-order valence-electron chi connectivity index (χ4n) is 6.75. The predicted molar refractivity (Wildman–Crippen MR) is 168 cm³/mol. The lowest BCUT2D eigenvalue weighted by molar-refractivity contribution is -0.143. The molecule has 0 radical (unpaired) electrons. The zero-order chi connectivity index (χ0) is 30.2. The first-order chi connectivity index (χ1) is 21.6. The summed E-state index contributed by atoms with van der Waals surface area (Å²) in [6.07, 6.45) is -1.08. The fourth-order valence-corrected chi connectivity index (χ4v) is 6.75. The van der Waals surface area contributed by atoms with Crippen molar-refractivity contribution < 1.29 is 28.5 Å². The van der Waals surface area contributed by atoms with Gasteiger partial charge in [0.05, 0.1) is 11.1 Å². The molecule has 44 heavy (non-hydrogen) atoms. The van der Waals surface area contributed by atoms with Crippen LogP contribution in [0.1, 0.15) is 59.4 Å². The van der Waals surface area contributed by atoms with E-state index in [2.05, 4.69) is 12.1 Å². The molecule has 6 heteroatoms. The maximum absolute atomic E-state index is 12.4. The van der Waals surface area contributed by atoms with Crippen molar-refractivity contribution in [3.05, 3.63) is 143 Å². The van der Waals surface area contributed by atoms with Crippen LogP contribution in [-0.2, 0) is 28.5 Å². The number of carbonyl (C=O) groups is 2. The Morgan fingerprint density at radius 3 is 1.27 bits per heavy atom. The van der Waals surface area contributed by atoms with Crippen LogP contribution in [0.5, 0.6) is 0 Å². The summed E-state index contributed by atoms with van der Waals surface area (Å²) in [4.78, 5) is 24.8.